The fourth-order valence-electron chi connectivity index (χ4n) is 2.22. The van der Waals surface area contributed by atoms with Gasteiger partial charge in [0.1, 0.15) is 6.04 Å². The van der Waals surface area contributed by atoms with Gasteiger partial charge in [-0.2, -0.15) is 4.31 Å². The van der Waals surface area contributed by atoms with Gasteiger partial charge in [-0.25, -0.2) is 8.42 Å². The van der Waals surface area contributed by atoms with Crippen LogP contribution in [0, 0.1) is 0 Å². The van der Waals surface area contributed by atoms with Crippen LogP contribution in [0.15, 0.2) is 28.0 Å². The molecule has 1 saturated heterocycles. The van der Waals surface area contributed by atoms with E-state index >= 15 is 0 Å². The number of carboxylic acid groups (broad SMARTS) is 1. The van der Waals surface area contributed by atoms with Gasteiger partial charge in [-0.05, 0) is 37.3 Å². The Hall–Kier alpha value is -0.760. The molecule has 1 aromatic rings. The van der Waals surface area contributed by atoms with Crippen molar-refractivity contribution in [1.29, 1.82) is 0 Å². The van der Waals surface area contributed by atoms with Crippen molar-refractivity contribution in [1.82, 2.24) is 4.31 Å². The number of benzene rings is 1. The van der Waals surface area contributed by atoms with Crippen molar-refractivity contribution in [3.63, 3.8) is 0 Å². The average Bonchev–Trinajstić information content (AvgIpc) is 2.88. The Morgan fingerprint density at radius 1 is 1.50 bits per heavy atom. The standard InChI is InChI=1S/C12H14ClNO4S2/c1-19-11-5-4-8(7-9(11)13)20(17,18)14-6-2-3-10(14)12(15)16/h4-5,7,10H,2-3,6H2,1H3,(H,15,16). The highest BCUT2D eigenvalue weighted by molar-refractivity contribution is 7.98. The first kappa shape index (κ1) is 15.6. The Kier molecular flexibility index (Phi) is 4.63. The van der Waals surface area contributed by atoms with E-state index in [2.05, 4.69) is 0 Å². The number of sulfonamides is 1. The molecule has 1 aliphatic heterocycles. The molecule has 1 heterocycles. The van der Waals surface area contributed by atoms with Crippen LogP contribution in [0.3, 0.4) is 0 Å². The molecule has 0 aliphatic carbocycles. The van der Waals surface area contributed by atoms with E-state index in [9.17, 15) is 13.2 Å². The first-order valence-electron chi connectivity index (χ1n) is 5.96. The van der Waals surface area contributed by atoms with Crippen LogP contribution in [0.2, 0.25) is 5.02 Å². The van der Waals surface area contributed by atoms with Gasteiger partial charge < -0.3 is 5.11 Å². The SMILES string of the molecule is CSc1ccc(S(=O)(=O)N2CCCC2C(=O)O)cc1Cl. The monoisotopic (exact) mass is 335 g/mol. The first-order valence-corrected chi connectivity index (χ1v) is 9.00. The molecular formula is C12H14ClNO4S2. The van der Waals surface area contributed by atoms with Crippen LogP contribution < -0.4 is 0 Å². The van der Waals surface area contributed by atoms with E-state index in [0.29, 0.717) is 17.9 Å². The van der Waals surface area contributed by atoms with Gasteiger partial charge in [0.15, 0.2) is 0 Å². The molecule has 0 radical (unpaired) electrons. The lowest BCUT2D eigenvalue weighted by Gasteiger charge is -2.21. The fraction of sp³-hybridized carbons (Fsp3) is 0.417. The zero-order chi connectivity index (χ0) is 14.9. The molecule has 1 unspecified atom stereocenters. The molecule has 2 rings (SSSR count). The number of carboxylic acids is 1. The molecule has 1 fully saturated rings. The summed E-state index contributed by atoms with van der Waals surface area (Å²) in [5, 5.41) is 9.45. The maximum absolute atomic E-state index is 12.5. The number of thioether (sulfide) groups is 1. The highest BCUT2D eigenvalue weighted by atomic mass is 35.5. The van der Waals surface area contributed by atoms with E-state index in [1.165, 1.54) is 23.9 Å². The van der Waals surface area contributed by atoms with Crippen molar-refractivity contribution < 1.29 is 18.3 Å². The summed E-state index contributed by atoms with van der Waals surface area (Å²) in [5.74, 6) is -1.11. The van der Waals surface area contributed by atoms with Crippen LogP contribution in [0.1, 0.15) is 12.8 Å². The maximum atomic E-state index is 12.5. The summed E-state index contributed by atoms with van der Waals surface area (Å²) in [4.78, 5) is 11.9. The molecule has 0 bridgehead atoms. The van der Waals surface area contributed by atoms with Gasteiger partial charge in [0.2, 0.25) is 10.0 Å². The molecule has 5 nitrogen and oxygen atoms in total. The highest BCUT2D eigenvalue weighted by Gasteiger charge is 2.39. The minimum atomic E-state index is -3.82. The summed E-state index contributed by atoms with van der Waals surface area (Å²) in [6, 6.07) is 3.48. The molecule has 8 heteroatoms. The third kappa shape index (κ3) is 2.81. The van der Waals surface area contributed by atoms with E-state index in [4.69, 9.17) is 16.7 Å². The Balaban J connectivity index is 2.40. The predicted octanol–water partition coefficient (Wildman–Crippen LogP) is 2.30. The molecule has 20 heavy (non-hydrogen) atoms. The average molecular weight is 336 g/mol. The third-order valence-electron chi connectivity index (χ3n) is 3.22. The molecule has 1 aliphatic rings. The smallest absolute Gasteiger partial charge is 0.322 e. The number of carbonyl (C=O) groups is 1. The largest absolute Gasteiger partial charge is 0.480 e. The van der Waals surface area contributed by atoms with Crippen LogP contribution >= 0.6 is 23.4 Å². The van der Waals surface area contributed by atoms with Gasteiger partial charge in [-0.3, -0.25) is 4.79 Å². The maximum Gasteiger partial charge on any atom is 0.322 e. The van der Waals surface area contributed by atoms with Crippen LogP contribution in [-0.4, -0.2) is 42.6 Å². The summed E-state index contributed by atoms with van der Waals surface area (Å²) in [6.07, 6.45) is 2.73. The van der Waals surface area contributed by atoms with Crippen molar-refractivity contribution in [2.45, 2.75) is 28.7 Å². The van der Waals surface area contributed by atoms with Gasteiger partial charge in [-0.15, -0.1) is 11.8 Å². The van der Waals surface area contributed by atoms with Crippen molar-refractivity contribution in [3.05, 3.63) is 23.2 Å². The first-order chi connectivity index (χ1) is 9.37. The Bertz CT molecular complexity index is 632. The third-order valence-corrected chi connectivity index (χ3v) is 6.34. The van der Waals surface area contributed by atoms with Gasteiger partial charge in [0.05, 0.1) is 9.92 Å². The van der Waals surface area contributed by atoms with Crippen LogP contribution in [0.25, 0.3) is 0 Å². The van der Waals surface area contributed by atoms with E-state index in [-0.39, 0.29) is 11.4 Å². The molecule has 0 aromatic heterocycles. The molecule has 1 aromatic carbocycles. The van der Waals surface area contributed by atoms with Gasteiger partial charge in [-0.1, -0.05) is 11.6 Å². The Morgan fingerprint density at radius 3 is 2.75 bits per heavy atom. The predicted molar refractivity (Wildman–Crippen MR) is 77.8 cm³/mol. The van der Waals surface area contributed by atoms with Gasteiger partial charge >= 0.3 is 5.97 Å². The molecule has 1 atom stereocenters. The van der Waals surface area contributed by atoms with E-state index in [1.54, 1.807) is 6.07 Å². The van der Waals surface area contributed by atoms with Gasteiger partial charge in [0.25, 0.3) is 0 Å². The lowest BCUT2D eigenvalue weighted by atomic mass is 10.2. The molecule has 0 amide bonds. The van der Waals surface area contributed by atoms with Crippen molar-refractivity contribution in [2.24, 2.45) is 0 Å². The Labute approximate surface area is 127 Å². The second-order valence-corrected chi connectivity index (χ2v) is 7.55. The molecule has 110 valence electrons. The minimum absolute atomic E-state index is 0.0356. The lowest BCUT2D eigenvalue weighted by Crippen LogP contribution is -2.40. The minimum Gasteiger partial charge on any atom is -0.480 e. The molecular weight excluding hydrogens is 322 g/mol. The van der Waals surface area contributed by atoms with Crippen molar-refractivity contribution in [3.8, 4) is 0 Å². The van der Waals surface area contributed by atoms with E-state index in [1.807, 2.05) is 6.26 Å². The van der Waals surface area contributed by atoms with Crippen molar-refractivity contribution in [2.75, 3.05) is 12.8 Å². The zero-order valence-corrected chi connectivity index (χ0v) is 13.1. The summed E-state index contributed by atoms with van der Waals surface area (Å²) >= 11 is 7.44. The number of hydrogen-bond acceptors (Lipinski definition) is 4. The van der Waals surface area contributed by atoms with Crippen LogP contribution in [-0.2, 0) is 14.8 Å². The topological polar surface area (TPSA) is 74.7 Å². The van der Waals surface area contributed by atoms with Crippen LogP contribution in [0.5, 0.6) is 0 Å². The molecule has 0 saturated carbocycles. The summed E-state index contributed by atoms with van der Waals surface area (Å²) < 4.78 is 26.0. The second-order valence-electron chi connectivity index (χ2n) is 4.41. The number of rotatable bonds is 4. The summed E-state index contributed by atoms with van der Waals surface area (Å²) in [5.41, 5.74) is 0. The van der Waals surface area contributed by atoms with E-state index in [0.717, 1.165) is 9.20 Å². The fourth-order valence-corrected chi connectivity index (χ4v) is 4.83. The van der Waals surface area contributed by atoms with E-state index < -0.39 is 22.0 Å². The number of hydrogen-bond donors (Lipinski definition) is 1. The van der Waals surface area contributed by atoms with Gasteiger partial charge in [0, 0.05) is 11.4 Å². The Morgan fingerprint density at radius 2 is 2.20 bits per heavy atom. The highest BCUT2D eigenvalue weighted by Crippen LogP contribution is 2.31. The molecule has 0 spiro atoms. The zero-order valence-electron chi connectivity index (χ0n) is 10.7. The van der Waals surface area contributed by atoms with Crippen LogP contribution in [0.4, 0.5) is 0 Å². The summed E-state index contributed by atoms with van der Waals surface area (Å²) in [7, 11) is -3.82. The second kappa shape index (κ2) is 5.93. The normalized spacial score (nSPS) is 20.2. The number of halogens is 1. The molecule has 1 N–H and O–H groups in total. The summed E-state index contributed by atoms with van der Waals surface area (Å²) in [6.45, 7) is 0.223. The lowest BCUT2D eigenvalue weighted by molar-refractivity contribution is -0.140. The number of aliphatic carboxylic acids is 1. The quantitative estimate of drug-likeness (QED) is 0.854. The van der Waals surface area contributed by atoms with Crippen molar-refractivity contribution >= 4 is 39.4 Å². The number of nitrogens with zero attached hydrogens (tertiary/aromatic N) is 1.